The molecule has 0 aliphatic rings. The number of aryl methyl sites for hydroxylation is 1. The molecule has 23 heavy (non-hydrogen) atoms. The molecule has 3 rings (SSSR count). The minimum Gasteiger partial charge on any atom is -0.282 e. The first-order chi connectivity index (χ1) is 10.9. The van der Waals surface area contributed by atoms with Crippen molar-refractivity contribution in [3.05, 3.63) is 42.0 Å². The van der Waals surface area contributed by atoms with Gasteiger partial charge in [0.15, 0.2) is 0 Å². The molecule has 1 heterocycles. The van der Waals surface area contributed by atoms with Crippen LogP contribution in [0.2, 0.25) is 0 Å². The van der Waals surface area contributed by atoms with E-state index >= 15 is 0 Å². The van der Waals surface area contributed by atoms with Gasteiger partial charge in [-0.1, -0.05) is 6.07 Å². The van der Waals surface area contributed by atoms with E-state index in [1.54, 1.807) is 26.1 Å². The summed E-state index contributed by atoms with van der Waals surface area (Å²) in [6, 6.07) is 10.7. The molecule has 0 fully saturated rings. The number of nitrogens with zero attached hydrogens (tertiary/aromatic N) is 3. The molecule has 1 aromatic heterocycles. The van der Waals surface area contributed by atoms with Gasteiger partial charge in [0, 0.05) is 12.6 Å². The van der Waals surface area contributed by atoms with Crippen LogP contribution in [-0.4, -0.2) is 25.0 Å². The highest BCUT2D eigenvalue weighted by Crippen LogP contribution is 2.36. The average molecular weight is 347 g/mol. The maximum absolute atomic E-state index is 11.6. The maximum Gasteiger partial charge on any atom is 0.296 e. The summed E-state index contributed by atoms with van der Waals surface area (Å²) >= 11 is 1.23. The highest BCUT2D eigenvalue weighted by atomic mass is 32.2. The van der Waals surface area contributed by atoms with Gasteiger partial charge in [0.25, 0.3) is 10.1 Å². The van der Waals surface area contributed by atoms with Crippen molar-refractivity contribution in [1.29, 1.82) is 0 Å². The third-order valence-electron chi connectivity index (χ3n) is 3.30. The highest BCUT2D eigenvalue weighted by Gasteiger charge is 2.20. The van der Waals surface area contributed by atoms with E-state index in [4.69, 9.17) is 0 Å². The molecule has 0 radical (unpaired) electrons. The molecular weight excluding hydrogens is 334 g/mol. The molecule has 1 N–H and O–H groups in total. The average Bonchev–Trinajstić information content (AvgIpc) is 2.90. The van der Waals surface area contributed by atoms with Crippen molar-refractivity contribution in [2.45, 2.75) is 11.8 Å². The summed E-state index contributed by atoms with van der Waals surface area (Å²) in [7, 11) is -2.70. The summed E-state index contributed by atoms with van der Waals surface area (Å²) in [5.41, 5.74) is 2.61. The molecule has 0 aliphatic heterocycles. The van der Waals surface area contributed by atoms with Crippen molar-refractivity contribution in [3.63, 3.8) is 0 Å². The molecule has 0 saturated carbocycles. The van der Waals surface area contributed by atoms with Gasteiger partial charge in [0.2, 0.25) is 0 Å². The molecule has 0 unspecified atom stereocenters. The molecule has 0 aliphatic carbocycles. The first kappa shape index (κ1) is 15.7. The van der Waals surface area contributed by atoms with Gasteiger partial charge in [-0.3, -0.25) is 4.55 Å². The molecule has 2 aromatic carbocycles. The maximum atomic E-state index is 11.6. The smallest absolute Gasteiger partial charge is 0.282 e. The van der Waals surface area contributed by atoms with Crippen LogP contribution in [0.5, 0.6) is 0 Å². The van der Waals surface area contributed by atoms with Crippen LogP contribution in [0.15, 0.2) is 51.5 Å². The van der Waals surface area contributed by atoms with Crippen LogP contribution in [0.3, 0.4) is 0 Å². The van der Waals surface area contributed by atoms with Gasteiger partial charge in [-0.05, 0) is 42.8 Å². The molecular formula is C15H13N3O3S2. The van der Waals surface area contributed by atoms with Crippen LogP contribution in [0.1, 0.15) is 5.56 Å². The van der Waals surface area contributed by atoms with Crippen LogP contribution in [-0.2, 0) is 10.1 Å². The summed E-state index contributed by atoms with van der Waals surface area (Å²) in [6.45, 7) is 1.65. The molecule has 6 nitrogen and oxygen atoms in total. The van der Waals surface area contributed by atoms with E-state index in [2.05, 4.69) is 15.2 Å². The van der Waals surface area contributed by atoms with Crippen LogP contribution < -0.4 is 0 Å². The highest BCUT2D eigenvalue weighted by molar-refractivity contribution is 7.86. The van der Waals surface area contributed by atoms with E-state index < -0.39 is 10.1 Å². The quantitative estimate of drug-likeness (QED) is 0.567. The SMILES string of the molecule is C/N=N/c1ccc(-c2nc3ccc(C)c(S(=O)(=O)O)c3s2)cc1. The van der Waals surface area contributed by atoms with Crippen LogP contribution in [0.25, 0.3) is 20.8 Å². The Bertz CT molecular complexity index is 1010. The second-order valence-electron chi connectivity index (χ2n) is 4.90. The zero-order chi connectivity index (χ0) is 16.6. The van der Waals surface area contributed by atoms with Gasteiger partial charge in [-0.25, -0.2) is 4.98 Å². The topological polar surface area (TPSA) is 92.0 Å². The zero-order valence-corrected chi connectivity index (χ0v) is 14.0. The number of benzene rings is 2. The van der Waals surface area contributed by atoms with Crippen LogP contribution in [0, 0.1) is 6.92 Å². The lowest BCUT2D eigenvalue weighted by atomic mass is 10.2. The summed E-state index contributed by atoms with van der Waals surface area (Å²) in [6.07, 6.45) is 0. The predicted octanol–water partition coefficient (Wildman–Crippen LogP) is 4.23. The minimum absolute atomic E-state index is 0.0739. The van der Waals surface area contributed by atoms with Gasteiger partial charge >= 0.3 is 0 Å². The van der Waals surface area contributed by atoms with Gasteiger partial charge < -0.3 is 0 Å². The van der Waals surface area contributed by atoms with E-state index in [9.17, 15) is 13.0 Å². The van der Waals surface area contributed by atoms with Gasteiger partial charge in [-0.15, -0.1) is 11.3 Å². The third kappa shape index (κ3) is 3.00. The monoisotopic (exact) mass is 347 g/mol. The molecule has 118 valence electrons. The largest absolute Gasteiger partial charge is 0.296 e. The lowest BCUT2D eigenvalue weighted by Gasteiger charge is -2.02. The fourth-order valence-electron chi connectivity index (χ4n) is 2.30. The molecule has 0 spiro atoms. The lowest BCUT2D eigenvalue weighted by molar-refractivity contribution is 0.484. The Balaban J connectivity index is 2.17. The molecule has 0 amide bonds. The van der Waals surface area contributed by atoms with Crippen LogP contribution >= 0.6 is 11.3 Å². The molecule has 0 atom stereocenters. The number of thiazole rings is 1. The van der Waals surface area contributed by atoms with E-state index in [0.717, 1.165) is 11.3 Å². The summed E-state index contributed by atoms with van der Waals surface area (Å²) in [5.74, 6) is 0. The zero-order valence-electron chi connectivity index (χ0n) is 12.4. The van der Waals surface area contributed by atoms with Gasteiger partial charge in [0.1, 0.15) is 9.90 Å². The molecule has 3 aromatic rings. The first-order valence-electron chi connectivity index (χ1n) is 6.68. The van der Waals surface area contributed by atoms with Gasteiger partial charge in [0.05, 0.1) is 15.9 Å². The van der Waals surface area contributed by atoms with E-state index in [0.29, 0.717) is 20.8 Å². The lowest BCUT2D eigenvalue weighted by Crippen LogP contribution is -2.00. The second-order valence-corrected chi connectivity index (χ2v) is 7.26. The van der Waals surface area contributed by atoms with Crippen molar-refractivity contribution in [2.75, 3.05) is 7.05 Å². The number of rotatable bonds is 3. The Morgan fingerprint density at radius 1 is 1.13 bits per heavy atom. The van der Waals surface area contributed by atoms with E-state index in [1.165, 1.54) is 11.3 Å². The predicted molar refractivity (Wildman–Crippen MR) is 90.0 cm³/mol. The fraction of sp³-hybridized carbons (Fsp3) is 0.133. The van der Waals surface area contributed by atoms with E-state index in [1.807, 2.05) is 24.3 Å². The minimum atomic E-state index is -4.30. The Kier molecular flexibility index (Phi) is 3.97. The second kappa shape index (κ2) is 5.80. The van der Waals surface area contributed by atoms with Crippen molar-refractivity contribution in [2.24, 2.45) is 10.2 Å². The third-order valence-corrected chi connectivity index (χ3v) is 5.61. The number of azo groups is 1. The Morgan fingerprint density at radius 3 is 2.43 bits per heavy atom. The van der Waals surface area contributed by atoms with Crippen molar-refractivity contribution in [1.82, 2.24) is 4.98 Å². The fourth-order valence-corrected chi connectivity index (χ4v) is 4.61. The Labute approximate surface area is 137 Å². The number of hydrogen-bond donors (Lipinski definition) is 1. The number of fused-ring (bicyclic) bond motifs is 1. The van der Waals surface area contributed by atoms with Gasteiger partial charge in [-0.2, -0.15) is 18.6 Å². The summed E-state index contributed by atoms with van der Waals surface area (Å²) in [5, 5.41) is 8.32. The van der Waals surface area contributed by atoms with Crippen LogP contribution in [0.4, 0.5) is 5.69 Å². The van der Waals surface area contributed by atoms with Crippen molar-refractivity contribution < 1.29 is 13.0 Å². The molecule has 8 heteroatoms. The molecule has 0 bridgehead atoms. The molecule has 0 saturated heterocycles. The Morgan fingerprint density at radius 2 is 1.83 bits per heavy atom. The van der Waals surface area contributed by atoms with Crippen molar-refractivity contribution >= 4 is 37.4 Å². The number of aromatic nitrogens is 1. The van der Waals surface area contributed by atoms with E-state index in [-0.39, 0.29) is 4.90 Å². The Hall–Kier alpha value is -2.16. The first-order valence-corrected chi connectivity index (χ1v) is 8.93. The normalized spacial score (nSPS) is 12.3. The standard InChI is InChI=1S/C15H13N3O3S2/c1-9-3-8-12-13(14(9)23(19,20)21)22-15(17-12)10-4-6-11(7-5-10)18-16-2/h3-8H,1-2H3,(H,19,20,21)/b18-16+. The number of hydrogen-bond acceptors (Lipinski definition) is 6. The summed E-state index contributed by atoms with van der Waals surface area (Å²) < 4.78 is 33.2. The summed E-state index contributed by atoms with van der Waals surface area (Å²) in [4.78, 5) is 4.39. The van der Waals surface area contributed by atoms with Crippen molar-refractivity contribution in [3.8, 4) is 10.6 Å².